The van der Waals surface area contributed by atoms with Gasteiger partial charge in [0.15, 0.2) is 5.82 Å². The quantitative estimate of drug-likeness (QED) is 0.308. The Morgan fingerprint density at radius 1 is 1.10 bits per heavy atom. The number of ether oxygens (including phenoxy) is 3. The van der Waals surface area contributed by atoms with E-state index in [9.17, 15) is 4.79 Å². The molecule has 0 bridgehead atoms. The third kappa shape index (κ3) is 5.97. The van der Waals surface area contributed by atoms with E-state index in [0.29, 0.717) is 30.9 Å². The number of hydrogen-bond acceptors (Lipinski definition) is 8. The fourth-order valence-electron chi connectivity index (χ4n) is 5.41. The number of para-hydroxylation sites is 1. The highest BCUT2D eigenvalue weighted by Crippen LogP contribution is 2.32. The van der Waals surface area contributed by atoms with Crippen molar-refractivity contribution >= 4 is 10.9 Å². The average Bonchev–Trinajstić information content (AvgIpc) is 3.62. The molecule has 1 saturated heterocycles. The molecule has 0 saturated carbocycles. The third-order valence-electron chi connectivity index (χ3n) is 7.32. The molecule has 1 N–H and O–H groups in total. The van der Waals surface area contributed by atoms with Crippen molar-refractivity contribution < 1.29 is 14.2 Å². The number of nitrogens with zero attached hydrogens (tertiary/aromatic N) is 5. The van der Waals surface area contributed by atoms with Crippen molar-refractivity contribution in [2.45, 2.75) is 58.5 Å². The van der Waals surface area contributed by atoms with E-state index in [4.69, 9.17) is 14.2 Å². The van der Waals surface area contributed by atoms with E-state index in [1.807, 2.05) is 47.1 Å². The first kappa shape index (κ1) is 26.8. The molecule has 206 valence electrons. The number of hydrogen-bond donors (Lipinski definition) is 1. The van der Waals surface area contributed by atoms with Gasteiger partial charge >= 0.3 is 0 Å². The van der Waals surface area contributed by atoms with Crippen LogP contribution in [0.25, 0.3) is 10.9 Å². The Balaban J connectivity index is 1.55. The van der Waals surface area contributed by atoms with Crippen LogP contribution >= 0.6 is 0 Å². The van der Waals surface area contributed by atoms with Crippen molar-refractivity contribution in [1.29, 1.82) is 0 Å². The molecule has 0 amide bonds. The van der Waals surface area contributed by atoms with Gasteiger partial charge in [0.1, 0.15) is 11.5 Å². The second-order valence-electron chi connectivity index (χ2n) is 10.3. The molecule has 0 aliphatic carbocycles. The number of fused-ring (bicyclic) bond motifs is 1. The second-order valence-corrected chi connectivity index (χ2v) is 10.3. The van der Waals surface area contributed by atoms with Gasteiger partial charge in [-0.15, -0.1) is 5.10 Å². The van der Waals surface area contributed by atoms with E-state index >= 15 is 0 Å². The minimum absolute atomic E-state index is 0.100. The van der Waals surface area contributed by atoms with E-state index in [1.165, 1.54) is 0 Å². The van der Waals surface area contributed by atoms with Gasteiger partial charge in [-0.3, -0.25) is 9.69 Å². The number of methoxy groups -OCH3 is 2. The molecule has 1 fully saturated rings. The lowest BCUT2D eigenvalue weighted by atomic mass is 9.99. The van der Waals surface area contributed by atoms with Gasteiger partial charge in [-0.25, -0.2) is 4.68 Å². The first-order chi connectivity index (χ1) is 19.0. The van der Waals surface area contributed by atoms with Gasteiger partial charge in [0.25, 0.3) is 5.56 Å². The van der Waals surface area contributed by atoms with E-state index in [2.05, 4.69) is 45.3 Å². The maximum Gasteiger partial charge on any atom is 0.252 e. The molecule has 0 unspecified atom stereocenters. The number of aromatic nitrogens is 5. The standard InChI is InChI=1S/C29H36N6O4/c1-19(2)27(28-31-32-33-35(28)18-24-9-7-13-39-24)34(16-21-8-5-6-10-26(21)38-4)17-22-14-20-11-12-23(37-3)15-25(20)30-29(22)36/h5-6,8,10-12,14-15,19,24,27H,7,9,13,16-18H2,1-4H3,(H,30,36)/t24-,27+/m0/s1. The average molecular weight is 533 g/mol. The topological polar surface area (TPSA) is 107 Å². The van der Waals surface area contributed by atoms with E-state index in [0.717, 1.165) is 47.5 Å². The van der Waals surface area contributed by atoms with Crippen molar-refractivity contribution in [3.63, 3.8) is 0 Å². The molecule has 4 aromatic rings. The molecular formula is C29H36N6O4. The predicted molar refractivity (Wildman–Crippen MR) is 148 cm³/mol. The number of nitrogens with one attached hydrogen (secondary N) is 1. The van der Waals surface area contributed by atoms with Crippen LogP contribution in [-0.2, 0) is 24.4 Å². The smallest absolute Gasteiger partial charge is 0.252 e. The van der Waals surface area contributed by atoms with Crippen LogP contribution in [0.15, 0.2) is 53.3 Å². The highest BCUT2D eigenvalue weighted by Gasteiger charge is 2.31. The van der Waals surface area contributed by atoms with E-state index in [1.54, 1.807) is 14.2 Å². The number of pyridine rings is 1. The van der Waals surface area contributed by atoms with Crippen LogP contribution in [0.5, 0.6) is 11.5 Å². The SMILES string of the molecule is COc1ccc2cc(CN(Cc3ccccc3OC)[C@@H](c3nnnn3C[C@@H]3CCCO3)C(C)C)c(=O)[nH]c2c1. The lowest BCUT2D eigenvalue weighted by Crippen LogP contribution is -2.36. The second kappa shape index (κ2) is 12.0. The summed E-state index contributed by atoms with van der Waals surface area (Å²) in [5, 5.41) is 13.8. The summed E-state index contributed by atoms with van der Waals surface area (Å²) in [5.41, 5.74) is 2.28. The lowest BCUT2D eigenvalue weighted by molar-refractivity contribution is 0.0849. The summed E-state index contributed by atoms with van der Waals surface area (Å²) in [6.45, 7) is 6.62. The molecular weight excluding hydrogens is 496 g/mol. The molecule has 5 rings (SSSR count). The number of benzene rings is 2. The van der Waals surface area contributed by atoms with Crippen molar-refractivity contribution in [3.8, 4) is 11.5 Å². The molecule has 1 aliphatic heterocycles. The Labute approximate surface area is 227 Å². The van der Waals surface area contributed by atoms with Crippen molar-refractivity contribution in [2.24, 2.45) is 5.92 Å². The van der Waals surface area contributed by atoms with Gasteiger partial charge in [0.2, 0.25) is 0 Å². The molecule has 0 radical (unpaired) electrons. The van der Waals surface area contributed by atoms with Gasteiger partial charge in [-0.1, -0.05) is 32.0 Å². The number of aromatic amines is 1. The summed E-state index contributed by atoms with van der Waals surface area (Å²) in [7, 11) is 3.29. The number of rotatable bonds is 11. The molecule has 39 heavy (non-hydrogen) atoms. The molecule has 10 heteroatoms. The summed E-state index contributed by atoms with van der Waals surface area (Å²) >= 11 is 0. The summed E-state index contributed by atoms with van der Waals surface area (Å²) < 4.78 is 18.7. The van der Waals surface area contributed by atoms with Crippen LogP contribution in [-0.4, -0.2) is 57.0 Å². The monoisotopic (exact) mass is 532 g/mol. The zero-order valence-corrected chi connectivity index (χ0v) is 23.0. The van der Waals surface area contributed by atoms with Gasteiger partial charge in [0, 0.05) is 36.9 Å². The van der Waals surface area contributed by atoms with E-state index < -0.39 is 0 Å². The predicted octanol–water partition coefficient (Wildman–Crippen LogP) is 4.11. The molecule has 2 atom stereocenters. The maximum absolute atomic E-state index is 13.3. The third-order valence-corrected chi connectivity index (χ3v) is 7.32. The number of tetrazole rings is 1. The molecule has 1 aliphatic rings. The summed E-state index contributed by atoms with van der Waals surface area (Å²) in [6.07, 6.45) is 2.14. The molecule has 2 aromatic heterocycles. The lowest BCUT2D eigenvalue weighted by Gasteiger charge is -2.34. The maximum atomic E-state index is 13.3. The van der Waals surface area contributed by atoms with Crippen LogP contribution in [0.4, 0.5) is 0 Å². The fraction of sp³-hybridized carbons (Fsp3) is 0.448. The van der Waals surface area contributed by atoms with Crippen molar-refractivity contribution in [1.82, 2.24) is 30.1 Å². The molecule has 10 nitrogen and oxygen atoms in total. The van der Waals surface area contributed by atoms with Gasteiger partial charge < -0.3 is 19.2 Å². The zero-order chi connectivity index (χ0) is 27.4. The normalized spacial score (nSPS) is 16.3. The summed E-state index contributed by atoms with van der Waals surface area (Å²) in [6, 6.07) is 15.4. The van der Waals surface area contributed by atoms with Gasteiger partial charge in [-0.05, 0) is 58.8 Å². The molecule has 3 heterocycles. The summed E-state index contributed by atoms with van der Waals surface area (Å²) in [4.78, 5) is 18.6. The minimum atomic E-state index is -0.169. The van der Waals surface area contributed by atoms with Crippen LogP contribution in [0.3, 0.4) is 0 Å². The van der Waals surface area contributed by atoms with Gasteiger partial charge in [0.05, 0.1) is 38.4 Å². The van der Waals surface area contributed by atoms with Crippen LogP contribution in [0, 0.1) is 5.92 Å². The zero-order valence-electron chi connectivity index (χ0n) is 23.0. The van der Waals surface area contributed by atoms with Crippen LogP contribution in [0.2, 0.25) is 0 Å². The van der Waals surface area contributed by atoms with Gasteiger partial charge in [-0.2, -0.15) is 0 Å². The van der Waals surface area contributed by atoms with E-state index in [-0.39, 0.29) is 23.6 Å². The Bertz CT molecular complexity index is 1460. The Morgan fingerprint density at radius 3 is 2.67 bits per heavy atom. The largest absolute Gasteiger partial charge is 0.497 e. The fourth-order valence-corrected chi connectivity index (χ4v) is 5.41. The highest BCUT2D eigenvalue weighted by molar-refractivity contribution is 5.80. The minimum Gasteiger partial charge on any atom is -0.497 e. The first-order valence-corrected chi connectivity index (χ1v) is 13.4. The Morgan fingerprint density at radius 2 is 1.92 bits per heavy atom. The molecule has 0 spiro atoms. The summed E-state index contributed by atoms with van der Waals surface area (Å²) in [5.74, 6) is 2.40. The Hall–Kier alpha value is -3.76. The van der Waals surface area contributed by atoms with Crippen molar-refractivity contribution in [3.05, 3.63) is 75.8 Å². The van der Waals surface area contributed by atoms with Crippen LogP contribution in [0.1, 0.15) is 49.7 Å². The van der Waals surface area contributed by atoms with Crippen molar-refractivity contribution in [2.75, 3.05) is 20.8 Å². The Kier molecular flexibility index (Phi) is 8.23. The van der Waals surface area contributed by atoms with Crippen LogP contribution < -0.4 is 15.0 Å². The first-order valence-electron chi connectivity index (χ1n) is 13.4. The highest BCUT2D eigenvalue weighted by atomic mass is 16.5. The number of H-pyrrole nitrogens is 1. The molecule has 2 aromatic carbocycles.